The first-order valence-corrected chi connectivity index (χ1v) is 6.03. The zero-order chi connectivity index (χ0) is 12.6. The number of anilines is 1. The summed E-state index contributed by atoms with van der Waals surface area (Å²) in [4.78, 5) is 1.74. The average Bonchev–Trinajstić information content (AvgIpc) is 2.70. The Morgan fingerprint density at radius 1 is 1.41 bits per heavy atom. The predicted octanol–water partition coefficient (Wildman–Crippen LogP) is 1.76. The van der Waals surface area contributed by atoms with Crippen molar-refractivity contribution in [1.82, 2.24) is 10.2 Å². The second kappa shape index (κ2) is 4.41. The van der Waals surface area contributed by atoms with Gasteiger partial charge >= 0.3 is 6.18 Å². The van der Waals surface area contributed by atoms with Gasteiger partial charge < -0.3 is 10.0 Å². The Labute approximate surface area is 100 Å². The third-order valence-electron chi connectivity index (χ3n) is 2.79. The maximum absolute atomic E-state index is 12.4. The minimum Gasteiger partial charge on any atom is -0.393 e. The first-order chi connectivity index (χ1) is 7.88. The number of rotatable bonds is 1. The Bertz CT molecular complexity index is 395. The fourth-order valence-corrected chi connectivity index (χ4v) is 2.51. The topological polar surface area (TPSA) is 49.2 Å². The predicted molar refractivity (Wildman–Crippen MR) is 56.9 cm³/mol. The van der Waals surface area contributed by atoms with E-state index in [9.17, 15) is 18.3 Å². The van der Waals surface area contributed by atoms with Crippen molar-refractivity contribution in [2.24, 2.45) is 5.92 Å². The molecular formula is C9H12F3N3OS. The van der Waals surface area contributed by atoms with Gasteiger partial charge in [0.2, 0.25) is 10.1 Å². The molecule has 0 spiro atoms. The van der Waals surface area contributed by atoms with Crippen LogP contribution in [-0.2, 0) is 6.18 Å². The van der Waals surface area contributed by atoms with Crippen LogP contribution >= 0.6 is 11.3 Å². The molecule has 0 saturated carbocycles. The maximum atomic E-state index is 12.4. The molecule has 1 N–H and O–H groups in total. The molecular weight excluding hydrogens is 255 g/mol. The summed E-state index contributed by atoms with van der Waals surface area (Å²) in [5, 5.41) is 15.6. The molecule has 0 aromatic carbocycles. The molecule has 0 radical (unpaired) electrons. The van der Waals surface area contributed by atoms with Crippen LogP contribution in [0.2, 0.25) is 0 Å². The van der Waals surface area contributed by atoms with Crippen LogP contribution in [0.15, 0.2) is 0 Å². The van der Waals surface area contributed by atoms with Crippen LogP contribution < -0.4 is 4.90 Å². The van der Waals surface area contributed by atoms with Crippen LogP contribution in [0.25, 0.3) is 0 Å². The van der Waals surface area contributed by atoms with Crippen molar-refractivity contribution in [2.75, 3.05) is 18.0 Å². The highest BCUT2D eigenvalue weighted by molar-refractivity contribution is 7.15. The normalized spacial score (nSPS) is 26.3. The van der Waals surface area contributed by atoms with E-state index in [0.29, 0.717) is 30.8 Å². The van der Waals surface area contributed by atoms with Gasteiger partial charge in [0.25, 0.3) is 0 Å². The number of aromatic nitrogens is 2. The number of aliphatic hydroxyl groups excluding tert-OH is 1. The summed E-state index contributed by atoms with van der Waals surface area (Å²) in [6, 6.07) is 0. The summed E-state index contributed by atoms with van der Waals surface area (Å²) in [5.41, 5.74) is 0. The number of alkyl halides is 3. The molecule has 0 amide bonds. The van der Waals surface area contributed by atoms with Crippen molar-refractivity contribution in [3.8, 4) is 0 Å². The van der Waals surface area contributed by atoms with E-state index in [1.807, 2.05) is 6.92 Å². The molecule has 2 rings (SSSR count). The molecule has 2 heterocycles. The molecule has 2 atom stereocenters. The summed E-state index contributed by atoms with van der Waals surface area (Å²) in [7, 11) is 0. The van der Waals surface area contributed by atoms with Crippen LogP contribution in [0.3, 0.4) is 0 Å². The summed E-state index contributed by atoms with van der Waals surface area (Å²) >= 11 is 0.547. The molecule has 0 aliphatic carbocycles. The summed E-state index contributed by atoms with van der Waals surface area (Å²) in [5.74, 6) is 0.0296. The standard InChI is InChI=1S/C9H12F3N3OS/c1-5-4-15(3-2-6(5)16)8-14-13-7(17-8)9(10,11)12/h5-6,16H,2-4H2,1H3. The first kappa shape index (κ1) is 12.6. The van der Waals surface area contributed by atoms with Crippen LogP contribution in [-0.4, -0.2) is 34.5 Å². The number of piperidine rings is 1. The lowest BCUT2D eigenvalue weighted by Crippen LogP contribution is -2.41. The Balaban J connectivity index is 2.11. The minimum atomic E-state index is -4.43. The van der Waals surface area contributed by atoms with E-state index in [-0.39, 0.29) is 17.2 Å². The highest BCUT2D eigenvalue weighted by atomic mass is 32.1. The van der Waals surface area contributed by atoms with Gasteiger partial charge in [-0.15, -0.1) is 10.2 Å². The van der Waals surface area contributed by atoms with Gasteiger partial charge in [-0.05, 0) is 12.3 Å². The van der Waals surface area contributed by atoms with E-state index < -0.39 is 11.2 Å². The molecule has 1 fully saturated rings. The maximum Gasteiger partial charge on any atom is 0.445 e. The first-order valence-electron chi connectivity index (χ1n) is 5.21. The van der Waals surface area contributed by atoms with Crippen LogP contribution in [0.5, 0.6) is 0 Å². The Kier molecular flexibility index (Phi) is 3.26. The van der Waals surface area contributed by atoms with Gasteiger partial charge in [-0.2, -0.15) is 13.2 Å². The fraction of sp³-hybridized carbons (Fsp3) is 0.778. The lowest BCUT2D eigenvalue weighted by atomic mass is 9.97. The second-order valence-corrected chi connectivity index (χ2v) is 5.12. The van der Waals surface area contributed by atoms with Gasteiger partial charge in [0.15, 0.2) is 0 Å². The van der Waals surface area contributed by atoms with Gasteiger partial charge in [0.05, 0.1) is 6.10 Å². The molecule has 96 valence electrons. The molecule has 2 unspecified atom stereocenters. The van der Waals surface area contributed by atoms with Crippen LogP contribution in [0, 0.1) is 5.92 Å². The molecule has 1 aromatic heterocycles. The highest BCUT2D eigenvalue weighted by Gasteiger charge is 2.37. The van der Waals surface area contributed by atoms with E-state index in [2.05, 4.69) is 10.2 Å². The number of halogens is 3. The molecule has 0 bridgehead atoms. The zero-order valence-corrected chi connectivity index (χ0v) is 9.92. The largest absolute Gasteiger partial charge is 0.445 e. The molecule has 8 heteroatoms. The average molecular weight is 267 g/mol. The molecule has 17 heavy (non-hydrogen) atoms. The smallest absolute Gasteiger partial charge is 0.393 e. The van der Waals surface area contributed by atoms with E-state index in [1.54, 1.807) is 4.90 Å². The lowest BCUT2D eigenvalue weighted by molar-refractivity contribution is -0.138. The van der Waals surface area contributed by atoms with Gasteiger partial charge in [0.1, 0.15) is 0 Å². The lowest BCUT2D eigenvalue weighted by Gasteiger charge is -2.33. The third-order valence-corrected chi connectivity index (χ3v) is 3.82. The minimum absolute atomic E-state index is 0.0296. The number of hydrogen-bond donors (Lipinski definition) is 1. The van der Waals surface area contributed by atoms with Crippen LogP contribution in [0.4, 0.5) is 18.3 Å². The quantitative estimate of drug-likeness (QED) is 0.842. The van der Waals surface area contributed by atoms with Crippen molar-refractivity contribution in [3.05, 3.63) is 5.01 Å². The number of aliphatic hydroxyl groups is 1. The van der Waals surface area contributed by atoms with Crippen LogP contribution in [0.1, 0.15) is 18.4 Å². The second-order valence-electron chi connectivity index (χ2n) is 4.17. The zero-order valence-electron chi connectivity index (χ0n) is 9.11. The summed E-state index contributed by atoms with van der Waals surface area (Å²) in [6.07, 6.45) is -4.28. The van der Waals surface area contributed by atoms with E-state index in [0.717, 1.165) is 0 Å². The van der Waals surface area contributed by atoms with E-state index in [4.69, 9.17) is 0 Å². The Morgan fingerprint density at radius 3 is 2.65 bits per heavy atom. The SMILES string of the molecule is CC1CN(c2nnc(C(F)(F)F)s2)CCC1O. The Morgan fingerprint density at radius 2 is 2.12 bits per heavy atom. The third kappa shape index (κ3) is 2.68. The van der Waals surface area contributed by atoms with Gasteiger partial charge in [-0.1, -0.05) is 18.3 Å². The van der Waals surface area contributed by atoms with Crippen molar-refractivity contribution in [1.29, 1.82) is 0 Å². The van der Waals surface area contributed by atoms with Gasteiger partial charge in [0, 0.05) is 13.1 Å². The highest BCUT2D eigenvalue weighted by Crippen LogP contribution is 2.35. The van der Waals surface area contributed by atoms with Gasteiger partial charge in [-0.25, -0.2) is 0 Å². The van der Waals surface area contributed by atoms with Crippen molar-refractivity contribution >= 4 is 16.5 Å². The molecule has 1 saturated heterocycles. The molecule has 1 aromatic rings. The molecule has 1 aliphatic heterocycles. The number of hydrogen-bond acceptors (Lipinski definition) is 5. The molecule has 4 nitrogen and oxygen atoms in total. The summed E-state index contributed by atoms with van der Waals surface area (Å²) in [6.45, 7) is 2.88. The van der Waals surface area contributed by atoms with E-state index in [1.165, 1.54) is 0 Å². The van der Waals surface area contributed by atoms with Crippen molar-refractivity contribution in [3.63, 3.8) is 0 Å². The monoisotopic (exact) mass is 267 g/mol. The van der Waals surface area contributed by atoms with E-state index >= 15 is 0 Å². The Hall–Kier alpha value is -0.890. The van der Waals surface area contributed by atoms with Crippen molar-refractivity contribution < 1.29 is 18.3 Å². The van der Waals surface area contributed by atoms with Crippen molar-refractivity contribution in [2.45, 2.75) is 25.6 Å². The number of nitrogens with zero attached hydrogens (tertiary/aromatic N) is 3. The van der Waals surface area contributed by atoms with Gasteiger partial charge in [-0.3, -0.25) is 0 Å². The molecule has 1 aliphatic rings. The summed E-state index contributed by atoms with van der Waals surface area (Å²) < 4.78 is 37.1. The fourth-order valence-electron chi connectivity index (χ4n) is 1.76.